The van der Waals surface area contributed by atoms with E-state index >= 15 is 0 Å². The molecule has 0 fully saturated rings. The summed E-state index contributed by atoms with van der Waals surface area (Å²) in [6.45, 7) is 3.98. The maximum absolute atomic E-state index is 13.6. The minimum Gasteiger partial charge on any atom is -0.454 e. The molecule has 2 N–H and O–H groups in total. The Hall–Kier alpha value is -1.87. The fourth-order valence-corrected chi connectivity index (χ4v) is 1.96. The first-order valence-corrected chi connectivity index (χ1v) is 6.87. The monoisotopic (exact) mass is 273 g/mol. The zero-order valence-electron chi connectivity index (χ0n) is 11.9. The summed E-state index contributed by atoms with van der Waals surface area (Å²) < 4.78 is 19.2. The minimum absolute atomic E-state index is 0.177. The van der Waals surface area contributed by atoms with Crippen molar-refractivity contribution in [3.05, 3.63) is 59.4 Å². The summed E-state index contributed by atoms with van der Waals surface area (Å²) in [5.74, 6) is 0.527. The second kappa shape index (κ2) is 6.53. The Morgan fingerprint density at radius 3 is 2.50 bits per heavy atom. The molecule has 0 aliphatic rings. The third-order valence-corrected chi connectivity index (χ3v) is 3.26. The molecule has 0 saturated carbocycles. The van der Waals surface area contributed by atoms with Crippen LogP contribution in [0.3, 0.4) is 0 Å². The largest absolute Gasteiger partial charge is 0.454 e. The SMILES string of the molecule is CCC(N)Cc1ccc(Oc2cc(C)ccc2F)cc1. The molecule has 1 unspecified atom stereocenters. The lowest BCUT2D eigenvalue weighted by Crippen LogP contribution is -2.21. The van der Waals surface area contributed by atoms with Gasteiger partial charge in [-0.25, -0.2) is 4.39 Å². The predicted octanol–water partition coefficient (Wildman–Crippen LogP) is 4.21. The first kappa shape index (κ1) is 14.5. The van der Waals surface area contributed by atoms with Crippen LogP contribution in [0.2, 0.25) is 0 Å². The lowest BCUT2D eigenvalue weighted by Gasteiger charge is -2.10. The molecule has 2 rings (SSSR count). The normalized spacial score (nSPS) is 12.2. The standard InChI is InChI=1S/C17H20FNO/c1-3-14(19)11-13-5-7-15(8-6-13)20-17-10-12(2)4-9-16(17)18/h4-10,14H,3,11,19H2,1-2H3. The van der Waals surface area contributed by atoms with Crippen LogP contribution < -0.4 is 10.5 Å². The maximum Gasteiger partial charge on any atom is 0.165 e. The van der Waals surface area contributed by atoms with Gasteiger partial charge < -0.3 is 10.5 Å². The van der Waals surface area contributed by atoms with Crippen molar-refractivity contribution in [1.29, 1.82) is 0 Å². The number of hydrogen-bond donors (Lipinski definition) is 1. The fraction of sp³-hybridized carbons (Fsp3) is 0.294. The van der Waals surface area contributed by atoms with Crippen molar-refractivity contribution in [1.82, 2.24) is 0 Å². The summed E-state index contributed by atoms with van der Waals surface area (Å²) in [5, 5.41) is 0. The molecule has 0 heterocycles. The number of aryl methyl sites for hydroxylation is 1. The van der Waals surface area contributed by atoms with Crippen LogP contribution in [0, 0.1) is 12.7 Å². The molecule has 1 atom stereocenters. The summed E-state index contributed by atoms with van der Waals surface area (Å²) in [4.78, 5) is 0. The van der Waals surface area contributed by atoms with E-state index in [9.17, 15) is 4.39 Å². The van der Waals surface area contributed by atoms with Crippen LogP contribution in [0.4, 0.5) is 4.39 Å². The highest BCUT2D eigenvalue weighted by Gasteiger charge is 2.06. The number of rotatable bonds is 5. The van der Waals surface area contributed by atoms with Crippen LogP contribution in [-0.2, 0) is 6.42 Å². The number of hydrogen-bond acceptors (Lipinski definition) is 2. The van der Waals surface area contributed by atoms with Gasteiger partial charge in [-0.1, -0.05) is 25.1 Å². The number of ether oxygens (including phenoxy) is 1. The lowest BCUT2D eigenvalue weighted by molar-refractivity contribution is 0.441. The molecule has 106 valence electrons. The number of halogens is 1. The highest BCUT2D eigenvalue weighted by atomic mass is 19.1. The zero-order valence-corrected chi connectivity index (χ0v) is 11.9. The summed E-state index contributed by atoms with van der Waals surface area (Å²) in [5.41, 5.74) is 8.05. The van der Waals surface area contributed by atoms with E-state index in [2.05, 4.69) is 6.92 Å². The highest BCUT2D eigenvalue weighted by molar-refractivity contribution is 5.36. The van der Waals surface area contributed by atoms with Crippen molar-refractivity contribution in [2.45, 2.75) is 32.7 Å². The van der Waals surface area contributed by atoms with Crippen molar-refractivity contribution < 1.29 is 9.13 Å². The molecule has 20 heavy (non-hydrogen) atoms. The van der Waals surface area contributed by atoms with E-state index in [-0.39, 0.29) is 17.6 Å². The quantitative estimate of drug-likeness (QED) is 0.885. The van der Waals surface area contributed by atoms with E-state index in [0.717, 1.165) is 24.0 Å². The summed E-state index contributed by atoms with van der Waals surface area (Å²) in [7, 11) is 0. The van der Waals surface area contributed by atoms with E-state index in [1.807, 2.05) is 31.2 Å². The van der Waals surface area contributed by atoms with E-state index in [1.165, 1.54) is 6.07 Å². The van der Waals surface area contributed by atoms with Crippen LogP contribution in [0.15, 0.2) is 42.5 Å². The van der Waals surface area contributed by atoms with Gasteiger partial charge in [0.2, 0.25) is 0 Å². The summed E-state index contributed by atoms with van der Waals surface area (Å²) >= 11 is 0. The van der Waals surface area contributed by atoms with Gasteiger partial charge in [0.15, 0.2) is 11.6 Å². The van der Waals surface area contributed by atoms with Gasteiger partial charge in [0, 0.05) is 6.04 Å². The molecule has 0 aromatic heterocycles. The van der Waals surface area contributed by atoms with Crippen LogP contribution in [0.25, 0.3) is 0 Å². The predicted molar refractivity (Wildman–Crippen MR) is 79.6 cm³/mol. The fourth-order valence-electron chi connectivity index (χ4n) is 1.96. The van der Waals surface area contributed by atoms with E-state index in [1.54, 1.807) is 12.1 Å². The van der Waals surface area contributed by atoms with Crippen molar-refractivity contribution >= 4 is 0 Å². The molecule has 3 heteroatoms. The molecule has 0 saturated heterocycles. The van der Waals surface area contributed by atoms with Crippen LogP contribution >= 0.6 is 0 Å². The summed E-state index contributed by atoms with van der Waals surface area (Å²) in [6.07, 6.45) is 1.79. The first-order valence-electron chi connectivity index (χ1n) is 6.87. The first-order chi connectivity index (χ1) is 9.58. The molecule has 0 spiro atoms. The Balaban J connectivity index is 2.09. The van der Waals surface area contributed by atoms with Crippen molar-refractivity contribution in [2.75, 3.05) is 0 Å². The van der Waals surface area contributed by atoms with Gasteiger partial charge in [0.25, 0.3) is 0 Å². The smallest absolute Gasteiger partial charge is 0.165 e. The Kier molecular flexibility index (Phi) is 4.74. The lowest BCUT2D eigenvalue weighted by atomic mass is 10.0. The van der Waals surface area contributed by atoms with E-state index in [4.69, 9.17) is 10.5 Å². The Labute approximate surface area is 119 Å². The third kappa shape index (κ3) is 3.81. The van der Waals surface area contributed by atoms with Crippen molar-refractivity contribution in [2.24, 2.45) is 5.73 Å². The molecule has 0 bridgehead atoms. The molecule has 2 aromatic carbocycles. The van der Waals surface area contributed by atoms with Gasteiger partial charge in [-0.15, -0.1) is 0 Å². The average molecular weight is 273 g/mol. The zero-order chi connectivity index (χ0) is 14.5. The molecule has 2 nitrogen and oxygen atoms in total. The Morgan fingerprint density at radius 2 is 1.85 bits per heavy atom. The Morgan fingerprint density at radius 1 is 1.15 bits per heavy atom. The molecular weight excluding hydrogens is 253 g/mol. The van der Waals surface area contributed by atoms with E-state index < -0.39 is 0 Å². The molecular formula is C17H20FNO. The topological polar surface area (TPSA) is 35.2 Å². The van der Waals surface area contributed by atoms with Crippen LogP contribution in [-0.4, -0.2) is 6.04 Å². The van der Waals surface area contributed by atoms with Gasteiger partial charge in [-0.3, -0.25) is 0 Å². The van der Waals surface area contributed by atoms with Gasteiger partial charge >= 0.3 is 0 Å². The molecule has 0 aliphatic heterocycles. The molecule has 0 amide bonds. The number of nitrogens with two attached hydrogens (primary N) is 1. The Bertz CT molecular complexity index is 566. The second-order valence-electron chi connectivity index (χ2n) is 5.05. The van der Waals surface area contributed by atoms with Gasteiger partial charge in [0.05, 0.1) is 0 Å². The van der Waals surface area contributed by atoms with E-state index in [0.29, 0.717) is 5.75 Å². The van der Waals surface area contributed by atoms with Gasteiger partial charge in [-0.05, 0) is 55.2 Å². The van der Waals surface area contributed by atoms with Gasteiger partial charge in [-0.2, -0.15) is 0 Å². The molecule has 0 radical (unpaired) electrons. The molecule has 2 aromatic rings. The average Bonchev–Trinajstić information content (AvgIpc) is 2.45. The van der Waals surface area contributed by atoms with Gasteiger partial charge in [0.1, 0.15) is 5.75 Å². The van der Waals surface area contributed by atoms with Crippen molar-refractivity contribution in [3.8, 4) is 11.5 Å². The van der Waals surface area contributed by atoms with Crippen molar-refractivity contribution in [3.63, 3.8) is 0 Å². The minimum atomic E-state index is -0.354. The number of benzene rings is 2. The highest BCUT2D eigenvalue weighted by Crippen LogP contribution is 2.25. The maximum atomic E-state index is 13.6. The third-order valence-electron chi connectivity index (χ3n) is 3.26. The second-order valence-corrected chi connectivity index (χ2v) is 5.05. The van der Waals surface area contributed by atoms with Crippen LogP contribution in [0.5, 0.6) is 11.5 Å². The molecule has 0 aliphatic carbocycles. The van der Waals surface area contributed by atoms with Crippen LogP contribution in [0.1, 0.15) is 24.5 Å². The summed E-state index contributed by atoms with van der Waals surface area (Å²) in [6, 6.07) is 12.6.